The third kappa shape index (κ3) is 3.00. The van der Waals surface area contributed by atoms with Crippen LogP contribution in [0.5, 0.6) is 0 Å². The van der Waals surface area contributed by atoms with E-state index in [1.807, 2.05) is 13.0 Å². The molecule has 2 aliphatic heterocycles. The average molecular weight is 296 g/mol. The molecule has 2 rings (SSSR count). The molecule has 1 N–H and O–H groups in total. The highest BCUT2D eigenvalue weighted by Crippen LogP contribution is 2.27. The van der Waals surface area contributed by atoms with Crippen LogP contribution in [0.4, 0.5) is 4.39 Å². The van der Waals surface area contributed by atoms with Gasteiger partial charge in [0.25, 0.3) is 0 Å². The van der Waals surface area contributed by atoms with Gasteiger partial charge in [-0.25, -0.2) is 4.39 Å². The summed E-state index contributed by atoms with van der Waals surface area (Å²) in [6.45, 7) is 1.83. The van der Waals surface area contributed by atoms with E-state index in [-0.39, 0.29) is 36.7 Å². The molecule has 116 valence electrons. The third-order valence-electron chi connectivity index (χ3n) is 4.30. The lowest BCUT2D eigenvalue weighted by atomic mass is 9.98. The van der Waals surface area contributed by atoms with Crippen LogP contribution in [0.1, 0.15) is 19.8 Å². The standard InChI is InChI=1S/C14H21FN4O2/c1-8-11(13(20)18(2)3)5-12(17-8)14(21)19-7-9(15)4-10(19)6-16/h8-12,17H,4-5,7H2,1-3H3/t8-,9-,10-,11-,12-/m0/s1. The average Bonchev–Trinajstić information content (AvgIpc) is 3.00. The Hall–Kier alpha value is -1.68. The van der Waals surface area contributed by atoms with E-state index in [1.165, 1.54) is 9.80 Å². The van der Waals surface area contributed by atoms with E-state index in [0.29, 0.717) is 6.42 Å². The Bertz CT molecular complexity index is 476. The molecule has 2 heterocycles. The monoisotopic (exact) mass is 296 g/mol. The third-order valence-corrected chi connectivity index (χ3v) is 4.30. The van der Waals surface area contributed by atoms with Crippen molar-refractivity contribution in [3.05, 3.63) is 0 Å². The lowest BCUT2D eigenvalue weighted by Gasteiger charge is -2.23. The first-order chi connectivity index (χ1) is 9.85. The van der Waals surface area contributed by atoms with Crippen molar-refractivity contribution >= 4 is 11.8 Å². The van der Waals surface area contributed by atoms with Crippen molar-refractivity contribution in [1.29, 1.82) is 5.26 Å². The Kier molecular flexibility index (Phi) is 4.47. The minimum Gasteiger partial charge on any atom is -0.349 e. The molecule has 7 heteroatoms. The molecule has 2 saturated heterocycles. The normalized spacial score (nSPS) is 35.6. The number of carbonyl (C=O) groups is 2. The summed E-state index contributed by atoms with van der Waals surface area (Å²) in [7, 11) is 3.37. The number of hydrogen-bond acceptors (Lipinski definition) is 4. The first kappa shape index (κ1) is 15.7. The van der Waals surface area contributed by atoms with E-state index in [4.69, 9.17) is 5.26 Å². The first-order valence-corrected chi connectivity index (χ1v) is 7.16. The number of alkyl halides is 1. The minimum absolute atomic E-state index is 0.0214. The number of hydrogen-bond donors (Lipinski definition) is 1. The fourth-order valence-corrected chi connectivity index (χ4v) is 3.13. The quantitative estimate of drug-likeness (QED) is 0.772. The second-order valence-corrected chi connectivity index (χ2v) is 6.05. The van der Waals surface area contributed by atoms with Crippen LogP contribution in [-0.2, 0) is 9.59 Å². The molecule has 0 aromatic carbocycles. The molecule has 2 amide bonds. The van der Waals surface area contributed by atoms with Gasteiger partial charge in [-0.2, -0.15) is 5.26 Å². The Morgan fingerprint density at radius 3 is 2.62 bits per heavy atom. The first-order valence-electron chi connectivity index (χ1n) is 7.16. The van der Waals surface area contributed by atoms with Crippen LogP contribution in [0, 0.1) is 17.2 Å². The number of nitrogens with zero attached hydrogens (tertiary/aromatic N) is 3. The summed E-state index contributed by atoms with van der Waals surface area (Å²) in [4.78, 5) is 27.4. The van der Waals surface area contributed by atoms with E-state index in [9.17, 15) is 14.0 Å². The van der Waals surface area contributed by atoms with Gasteiger partial charge in [0.1, 0.15) is 12.2 Å². The highest BCUT2D eigenvalue weighted by molar-refractivity contribution is 5.86. The maximum Gasteiger partial charge on any atom is 0.240 e. The predicted octanol–water partition coefficient (Wildman–Crippen LogP) is -0.0962. The van der Waals surface area contributed by atoms with Gasteiger partial charge in [-0.05, 0) is 13.3 Å². The van der Waals surface area contributed by atoms with Crippen LogP contribution in [0.15, 0.2) is 0 Å². The molecular formula is C14H21FN4O2. The molecular weight excluding hydrogens is 275 g/mol. The number of rotatable bonds is 2. The highest BCUT2D eigenvalue weighted by Gasteiger charge is 2.44. The van der Waals surface area contributed by atoms with Crippen LogP contribution >= 0.6 is 0 Å². The summed E-state index contributed by atoms with van der Waals surface area (Å²) >= 11 is 0. The number of amides is 2. The Labute approximate surface area is 123 Å². The summed E-state index contributed by atoms with van der Waals surface area (Å²) in [5.74, 6) is -0.562. The summed E-state index contributed by atoms with van der Waals surface area (Å²) in [6.07, 6.45) is -0.677. The van der Waals surface area contributed by atoms with Crippen molar-refractivity contribution in [3.8, 4) is 6.07 Å². The zero-order valence-electron chi connectivity index (χ0n) is 12.5. The van der Waals surface area contributed by atoms with Gasteiger partial charge >= 0.3 is 0 Å². The van der Waals surface area contributed by atoms with Crippen molar-refractivity contribution < 1.29 is 14.0 Å². The molecule has 0 aromatic heterocycles. The molecule has 6 nitrogen and oxygen atoms in total. The Balaban J connectivity index is 2.05. The van der Waals surface area contributed by atoms with Gasteiger partial charge < -0.3 is 15.1 Å². The van der Waals surface area contributed by atoms with Crippen LogP contribution in [0.3, 0.4) is 0 Å². The van der Waals surface area contributed by atoms with Crippen LogP contribution < -0.4 is 5.32 Å². The molecule has 0 aliphatic carbocycles. The van der Waals surface area contributed by atoms with Crippen LogP contribution in [0.25, 0.3) is 0 Å². The van der Waals surface area contributed by atoms with Gasteiger partial charge in [0.05, 0.1) is 24.6 Å². The van der Waals surface area contributed by atoms with Crippen molar-refractivity contribution in [2.24, 2.45) is 5.92 Å². The number of likely N-dealkylation sites (tertiary alicyclic amines) is 1. The van der Waals surface area contributed by atoms with E-state index < -0.39 is 18.3 Å². The second kappa shape index (κ2) is 5.98. The second-order valence-electron chi connectivity index (χ2n) is 6.05. The maximum atomic E-state index is 13.4. The van der Waals surface area contributed by atoms with Crippen molar-refractivity contribution in [2.75, 3.05) is 20.6 Å². The number of halogens is 1. The Morgan fingerprint density at radius 2 is 2.05 bits per heavy atom. The molecule has 0 unspecified atom stereocenters. The van der Waals surface area contributed by atoms with E-state index in [0.717, 1.165) is 0 Å². The van der Waals surface area contributed by atoms with Crippen molar-refractivity contribution in [2.45, 2.75) is 44.1 Å². The number of nitriles is 1. The fourth-order valence-electron chi connectivity index (χ4n) is 3.13. The fraction of sp³-hybridized carbons (Fsp3) is 0.786. The van der Waals surface area contributed by atoms with Gasteiger partial charge in [-0.3, -0.25) is 9.59 Å². The molecule has 2 aliphatic rings. The molecule has 0 spiro atoms. The lowest BCUT2D eigenvalue weighted by molar-refractivity contribution is -0.134. The summed E-state index contributed by atoms with van der Waals surface area (Å²) < 4.78 is 13.4. The summed E-state index contributed by atoms with van der Waals surface area (Å²) in [5.41, 5.74) is 0. The van der Waals surface area contributed by atoms with Crippen molar-refractivity contribution in [1.82, 2.24) is 15.1 Å². The molecule has 0 bridgehead atoms. The molecule has 0 aromatic rings. The van der Waals surface area contributed by atoms with Gasteiger partial charge in [0, 0.05) is 26.6 Å². The van der Waals surface area contributed by atoms with Gasteiger partial charge in [-0.15, -0.1) is 0 Å². The highest BCUT2D eigenvalue weighted by atomic mass is 19.1. The smallest absolute Gasteiger partial charge is 0.240 e. The number of carbonyl (C=O) groups excluding carboxylic acids is 2. The zero-order valence-corrected chi connectivity index (χ0v) is 12.5. The van der Waals surface area contributed by atoms with Gasteiger partial charge in [-0.1, -0.05) is 0 Å². The molecule has 2 fully saturated rings. The largest absolute Gasteiger partial charge is 0.349 e. The summed E-state index contributed by atoms with van der Waals surface area (Å²) in [6, 6.07) is 0.642. The predicted molar refractivity (Wildman–Crippen MR) is 73.8 cm³/mol. The van der Waals surface area contributed by atoms with E-state index in [2.05, 4.69) is 5.32 Å². The minimum atomic E-state index is -1.14. The van der Waals surface area contributed by atoms with Crippen molar-refractivity contribution in [3.63, 3.8) is 0 Å². The zero-order chi connectivity index (χ0) is 15.7. The lowest BCUT2D eigenvalue weighted by Crippen LogP contribution is -2.46. The van der Waals surface area contributed by atoms with E-state index >= 15 is 0 Å². The van der Waals surface area contributed by atoms with Crippen LogP contribution in [0.2, 0.25) is 0 Å². The maximum absolute atomic E-state index is 13.4. The molecule has 0 radical (unpaired) electrons. The topological polar surface area (TPSA) is 76.4 Å². The summed E-state index contributed by atoms with van der Waals surface area (Å²) in [5, 5.41) is 12.1. The van der Waals surface area contributed by atoms with Gasteiger partial charge in [0.2, 0.25) is 11.8 Å². The molecule has 21 heavy (non-hydrogen) atoms. The SMILES string of the molecule is C[C@@H]1N[C@H](C(=O)N2C[C@@H](F)C[C@H]2C#N)C[C@@H]1C(=O)N(C)C. The number of nitrogens with one attached hydrogen (secondary N) is 1. The molecule has 5 atom stereocenters. The van der Waals surface area contributed by atoms with Gasteiger partial charge in [0.15, 0.2) is 0 Å². The van der Waals surface area contributed by atoms with Crippen LogP contribution in [-0.4, -0.2) is 66.6 Å². The molecule has 0 saturated carbocycles. The Morgan fingerprint density at radius 1 is 1.38 bits per heavy atom. The van der Waals surface area contributed by atoms with E-state index in [1.54, 1.807) is 14.1 Å².